The van der Waals surface area contributed by atoms with Crippen LogP contribution in [0.1, 0.15) is 15.9 Å². The Labute approximate surface area is 99.1 Å². The van der Waals surface area contributed by atoms with E-state index in [1.807, 2.05) is 12.1 Å². The number of halogens is 1. The number of ketones is 1. The first-order valence-corrected chi connectivity index (χ1v) is 5.29. The molecule has 0 spiro atoms. The van der Waals surface area contributed by atoms with Crippen LogP contribution in [0.4, 0.5) is 10.1 Å². The number of carbonyl (C=O) groups excluding carboxylic acids is 1. The summed E-state index contributed by atoms with van der Waals surface area (Å²) < 4.78 is 12.7. The summed E-state index contributed by atoms with van der Waals surface area (Å²) in [7, 11) is 1.79. The van der Waals surface area contributed by atoms with Crippen molar-refractivity contribution in [2.24, 2.45) is 0 Å². The summed E-state index contributed by atoms with van der Waals surface area (Å²) in [6.45, 7) is 0. The van der Waals surface area contributed by atoms with Crippen LogP contribution in [-0.2, 0) is 0 Å². The molecule has 0 saturated carbocycles. The molecule has 1 N–H and O–H groups in total. The van der Waals surface area contributed by atoms with Crippen molar-refractivity contribution in [1.29, 1.82) is 0 Å². The van der Waals surface area contributed by atoms with Gasteiger partial charge in [0.2, 0.25) is 0 Å². The molecule has 0 fully saturated rings. The van der Waals surface area contributed by atoms with Gasteiger partial charge >= 0.3 is 0 Å². The van der Waals surface area contributed by atoms with Gasteiger partial charge in [-0.3, -0.25) is 4.79 Å². The molecule has 2 nitrogen and oxygen atoms in total. The fourth-order valence-corrected chi connectivity index (χ4v) is 1.58. The quantitative estimate of drug-likeness (QED) is 0.819. The predicted octanol–water partition coefficient (Wildman–Crippen LogP) is 3.10. The smallest absolute Gasteiger partial charge is 0.193 e. The van der Waals surface area contributed by atoms with Crippen molar-refractivity contribution >= 4 is 11.5 Å². The van der Waals surface area contributed by atoms with Gasteiger partial charge in [-0.1, -0.05) is 12.1 Å². The van der Waals surface area contributed by atoms with Gasteiger partial charge in [-0.15, -0.1) is 0 Å². The second-order valence-corrected chi connectivity index (χ2v) is 3.67. The maximum atomic E-state index is 12.7. The molecule has 0 radical (unpaired) electrons. The fourth-order valence-electron chi connectivity index (χ4n) is 1.58. The number of benzene rings is 2. The van der Waals surface area contributed by atoms with Gasteiger partial charge in [0.25, 0.3) is 0 Å². The molecule has 0 atom stereocenters. The second kappa shape index (κ2) is 4.78. The number of carbonyl (C=O) groups is 1. The Morgan fingerprint density at radius 2 is 1.76 bits per heavy atom. The zero-order valence-corrected chi connectivity index (χ0v) is 9.41. The molecule has 2 aromatic rings. The average Bonchev–Trinajstić information content (AvgIpc) is 2.39. The summed E-state index contributed by atoms with van der Waals surface area (Å²) >= 11 is 0. The molecule has 0 saturated heterocycles. The molecular formula is C14H12FNO. The molecule has 0 heterocycles. The number of nitrogens with one attached hydrogen (secondary N) is 1. The summed E-state index contributed by atoms with van der Waals surface area (Å²) in [4.78, 5) is 12.1. The van der Waals surface area contributed by atoms with Gasteiger partial charge in [0.1, 0.15) is 5.82 Å². The highest BCUT2D eigenvalue weighted by atomic mass is 19.1. The van der Waals surface area contributed by atoms with E-state index in [1.54, 1.807) is 19.2 Å². The van der Waals surface area contributed by atoms with Crippen LogP contribution in [-0.4, -0.2) is 12.8 Å². The second-order valence-electron chi connectivity index (χ2n) is 3.67. The van der Waals surface area contributed by atoms with Crippen molar-refractivity contribution in [3.63, 3.8) is 0 Å². The minimum atomic E-state index is -0.342. The Bertz CT molecular complexity index is 534. The minimum Gasteiger partial charge on any atom is -0.388 e. The number of anilines is 1. The zero-order valence-electron chi connectivity index (χ0n) is 9.41. The van der Waals surface area contributed by atoms with Crippen molar-refractivity contribution in [3.8, 4) is 0 Å². The third-order valence-electron chi connectivity index (χ3n) is 2.52. The first-order valence-electron chi connectivity index (χ1n) is 5.29. The number of hydrogen-bond donors (Lipinski definition) is 1. The molecule has 2 rings (SSSR count). The summed E-state index contributed by atoms with van der Waals surface area (Å²) in [6.07, 6.45) is 0. The van der Waals surface area contributed by atoms with Crippen molar-refractivity contribution in [2.45, 2.75) is 0 Å². The standard InChI is InChI=1S/C14H12FNO/c1-16-13-4-2-3-11(9-13)14(17)10-5-7-12(15)8-6-10/h2-9,16H,1H3. The van der Waals surface area contributed by atoms with Gasteiger partial charge < -0.3 is 5.32 Å². The van der Waals surface area contributed by atoms with Crippen LogP contribution in [0, 0.1) is 5.82 Å². The molecular weight excluding hydrogens is 217 g/mol. The Kier molecular flexibility index (Phi) is 3.19. The van der Waals surface area contributed by atoms with E-state index in [1.165, 1.54) is 24.3 Å². The average molecular weight is 229 g/mol. The summed E-state index contributed by atoms with van der Waals surface area (Å²) in [5, 5.41) is 2.97. The van der Waals surface area contributed by atoms with Gasteiger partial charge in [-0.05, 0) is 36.4 Å². The topological polar surface area (TPSA) is 29.1 Å². The minimum absolute atomic E-state index is 0.109. The van der Waals surface area contributed by atoms with E-state index in [0.29, 0.717) is 11.1 Å². The first kappa shape index (κ1) is 11.3. The Morgan fingerprint density at radius 1 is 1.06 bits per heavy atom. The van der Waals surface area contributed by atoms with E-state index in [9.17, 15) is 9.18 Å². The molecule has 3 heteroatoms. The van der Waals surface area contributed by atoms with Gasteiger partial charge in [0.15, 0.2) is 5.78 Å². The zero-order chi connectivity index (χ0) is 12.3. The third-order valence-corrected chi connectivity index (χ3v) is 2.52. The lowest BCUT2D eigenvalue weighted by molar-refractivity contribution is 0.103. The number of hydrogen-bond acceptors (Lipinski definition) is 2. The van der Waals surface area contributed by atoms with Gasteiger partial charge in [0, 0.05) is 23.9 Å². The molecule has 0 aliphatic heterocycles. The lowest BCUT2D eigenvalue weighted by Crippen LogP contribution is -2.02. The van der Waals surface area contributed by atoms with E-state index in [4.69, 9.17) is 0 Å². The van der Waals surface area contributed by atoms with Crippen LogP contribution in [0.2, 0.25) is 0 Å². The van der Waals surface area contributed by atoms with Crippen molar-refractivity contribution in [3.05, 3.63) is 65.5 Å². The Balaban J connectivity index is 2.33. The van der Waals surface area contributed by atoms with Crippen LogP contribution in [0.25, 0.3) is 0 Å². The highest BCUT2D eigenvalue weighted by molar-refractivity contribution is 6.09. The SMILES string of the molecule is CNc1cccc(C(=O)c2ccc(F)cc2)c1. The maximum Gasteiger partial charge on any atom is 0.193 e. The first-order chi connectivity index (χ1) is 8.20. The van der Waals surface area contributed by atoms with Gasteiger partial charge in [0.05, 0.1) is 0 Å². The molecule has 0 aromatic heterocycles. The molecule has 0 aliphatic carbocycles. The molecule has 0 amide bonds. The van der Waals surface area contributed by atoms with E-state index in [-0.39, 0.29) is 11.6 Å². The van der Waals surface area contributed by atoms with Crippen LogP contribution < -0.4 is 5.32 Å². The van der Waals surface area contributed by atoms with Crippen molar-refractivity contribution in [1.82, 2.24) is 0 Å². The van der Waals surface area contributed by atoms with Crippen LogP contribution in [0.3, 0.4) is 0 Å². The van der Waals surface area contributed by atoms with Crippen LogP contribution in [0.5, 0.6) is 0 Å². The lowest BCUT2D eigenvalue weighted by atomic mass is 10.0. The van der Waals surface area contributed by atoms with Crippen molar-refractivity contribution in [2.75, 3.05) is 12.4 Å². The van der Waals surface area contributed by atoms with Gasteiger partial charge in [-0.25, -0.2) is 4.39 Å². The molecule has 0 bridgehead atoms. The van der Waals surface area contributed by atoms with Crippen molar-refractivity contribution < 1.29 is 9.18 Å². The summed E-state index contributed by atoms with van der Waals surface area (Å²) in [5.41, 5.74) is 1.95. The predicted molar refractivity (Wildman–Crippen MR) is 65.8 cm³/mol. The molecule has 0 unspecified atom stereocenters. The maximum absolute atomic E-state index is 12.7. The monoisotopic (exact) mass is 229 g/mol. The molecule has 17 heavy (non-hydrogen) atoms. The summed E-state index contributed by atoms with van der Waals surface area (Å²) in [6, 6.07) is 12.7. The highest BCUT2D eigenvalue weighted by Crippen LogP contribution is 2.14. The normalized spacial score (nSPS) is 10.0. The fraction of sp³-hybridized carbons (Fsp3) is 0.0714. The van der Waals surface area contributed by atoms with E-state index >= 15 is 0 Å². The largest absolute Gasteiger partial charge is 0.388 e. The van der Waals surface area contributed by atoms with E-state index in [0.717, 1.165) is 5.69 Å². The Morgan fingerprint density at radius 3 is 2.41 bits per heavy atom. The van der Waals surface area contributed by atoms with Crippen LogP contribution >= 0.6 is 0 Å². The molecule has 0 aliphatic rings. The Hall–Kier alpha value is -2.16. The number of rotatable bonds is 3. The van der Waals surface area contributed by atoms with Gasteiger partial charge in [-0.2, -0.15) is 0 Å². The molecule has 86 valence electrons. The highest BCUT2D eigenvalue weighted by Gasteiger charge is 2.09. The lowest BCUT2D eigenvalue weighted by Gasteiger charge is -2.04. The van der Waals surface area contributed by atoms with Crippen LogP contribution in [0.15, 0.2) is 48.5 Å². The molecule has 2 aromatic carbocycles. The third kappa shape index (κ3) is 2.50. The summed E-state index contributed by atoms with van der Waals surface area (Å²) in [5.74, 6) is -0.451. The van der Waals surface area contributed by atoms with E-state index in [2.05, 4.69) is 5.32 Å². The van der Waals surface area contributed by atoms with E-state index < -0.39 is 0 Å².